The van der Waals surface area contributed by atoms with Crippen LogP contribution in [0.1, 0.15) is 50.5 Å². The van der Waals surface area contributed by atoms with Gasteiger partial charge in [-0.05, 0) is 19.3 Å². The van der Waals surface area contributed by atoms with Crippen molar-refractivity contribution in [3.05, 3.63) is 5.01 Å². The van der Waals surface area contributed by atoms with E-state index >= 15 is 0 Å². The Bertz CT molecular complexity index is 379. The third kappa shape index (κ3) is 4.68. The van der Waals surface area contributed by atoms with Gasteiger partial charge in [-0.3, -0.25) is 4.90 Å². The fourth-order valence-corrected chi connectivity index (χ4v) is 3.55. The quantitative estimate of drug-likeness (QED) is 0.772. The standard InChI is InChI=1S/C14H26N4OS/c1-2-8-15-14-17-16-13(20-14)11-18(9-10-19)12-6-4-3-5-7-12/h12,19H,2-11H2,1H3,(H,15,17). The summed E-state index contributed by atoms with van der Waals surface area (Å²) in [7, 11) is 0. The first kappa shape index (κ1) is 15.7. The molecule has 6 heteroatoms. The number of nitrogens with one attached hydrogen (secondary N) is 1. The average Bonchev–Trinajstić information content (AvgIpc) is 2.93. The highest BCUT2D eigenvalue weighted by Crippen LogP contribution is 2.25. The molecule has 2 N–H and O–H groups in total. The van der Waals surface area contributed by atoms with E-state index < -0.39 is 0 Å². The molecule has 114 valence electrons. The number of aliphatic hydroxyl groups is 1. The van der Waals surface area contributed by atoms with Gasteiger partial charge < -0.3 is 10.4 Å². The number of anilines is 1. The molecule has 0 unspecified atom stereocenters. The van der Waals surface area contributed by atoms with Crippen molar-refractivity contribution in [3.63, 3.8) is 0 Å². The van der Waals surface area contributed by atoms with Gasteiger partial charge in [-0.15, -0.1) is 10.2 Å². The molecule has 20 heavy (non-hydrogen) atoms. The maximum Gasteiger partial charge on any atom is 0.205 e. The van der Waals surface area contributed by atoms with Crippen LogP contribution in [0, 0.1) is 0 Å². The molecular formula is C14H26N4OS. The third-order valence-corrected chi connectivity index (χ3v) is 4.68. The number of hydrogen-bond acceptors (Lipinski definition) is 6. The molecule has 5 nitrogen and oxygen atoms in total. The van der Waals surface area contributed by atoms with E-state index in [-0.39, 0.29) is 6.61 Å². The van der Waals surface area contributed by atoms with Gasteiger partial charge >= 0.3 is 0 Å². The van der Waals surface area contributed by atoms with Crippen molar-refractivity contribution in [2.45, 2.75) is 58.0 Å². The molecule has 1 heterocycles. The van der Waals surface area contributed by atoms with Crippen molar-refractivity contribution in [1.82, 2.24) is 15.1 Å². The zero-order valence-electron chi connectivity index (χ0n) is 12.3. The normalized spacial score (nSPS) is 16.8. The summed E-state index contributed by atoms with van der Waals surface area (Å²) in [5, 5.41) is 23.0. The highest BCUT2D eigenvalue weighted by Gasteiger charge is 2.22. The van der Waals surface area contributed by atoms with Crippen LogP contribution in [0.5, 0.6) is 0 Å². The minimum Gasteiger partial charge on any atom is -0.395 e. The van der Waals surface area contributed by atoms with E-state index in [2.05, 4.69) is 27.3 Å². The van der Waals surface area contributed by atoms with Gasteiger partial charge in [-0.1, -0.05) is 37.5 Å². The summed E-state index contributed by atoms with van der Waals surface area (Å²) >= 11 is 1.63. The minimum absolute atomic E-state index is 0.218. The summed E-state index contributed by atoms with van der Waals surface area (Å²) in [6.45, 7) is 4.85. The van der Waals surface area contributed by atoms with E-state index in [1.807, 2.05) is 0 Å². The van der Waals surface area contributed by atoms with Crippen molar-refractivity contribution in [1.29, 1.82) is 0 Å². The van der Waals surface area contributed by atoms with E-state index in [0.29, 0.717) is 6.04 Å². The summed E-state index contributed by atoms with van der Waals surface area (Å²) in [5.74, 6) is 0. The summed E-state index contributed by atoms with van der Waals surface area (Å²) in [6.07, 6.45) is 7.57. The first-order chi connectivity index (χ1) is 9.83. The van der Waals surface area contributed by atoms with Crippen molar-refractivity contribution in [2.24, 2.45) is 0 Å². The van der Waals surface area contributed by atoms with Crippen LogP contribution in [-0.2, 0) is 6.54 Å². The number of aromatic nitrogens is 2. The van der Waals surface area contributed by atoms with Crippen molar-refractivity contribution in [3.8, 4) is 0 Å². The maximum absolute atomic E-state index is 9.28. The van der Waals surface area contributed by atoms with Crippen LogP contribution in [0.3, 0.4) is 0 Å². The van der Waals surface area contributed by atoms with E-state index in [0.717, 1.165) is 36.2 Å². The Morgan fingerprint density at radius 3 is 2.80 bits per heavy atom. The predicted octanol–water partition coefficient (Wildman–Crippen LogP) is 2.49. The molecule has 0 spiro atoms. The first-order valence-electron chi connectivity index (χ1n) is 7.74. The van der Waals surface area contributed by atoms with Gasteiger partial charge in [0.1, 0.15) is 5.01 Å². The van der Waals surface area contributed by atoms with Crippen LogP contribution in [0.15, 0.2) is 0 Å². The second kappa shape index (κ2) is 8.54. The molecule has 0 aromatic carbocycles. The highest BCUT2D eigenvalue weighted by atomic mass is 32.1. The van der Waals surface area contributed by atoms with Crippen molar-refractivity contribution >= 4 is 16.5 Å². The Labute approximate surface area is 125 Å². The lowest BCUT2D eigenvalue weighted by atomic mass is 9.94. The molecule has 1 saturated carbocycles. The molecule has 1 fully saturated rings. The molecule has 2 rings (SSSR count). The molecule has 0 radical (unpaired) electrons. The van der Waals surface area contributed by atoms with Gasteiger partial charge in [0.05, 0.1) is 13.2 Å². The lowest BCUT2D eigenvalue weighted by molar-refractivity contribution is 0.117. The van der Waals surface area contributed by atoms with Gasteiger partial charge in [-0.2, -0.15) is 0 Å². The zero-order valence-corrected chi connectivity index (χ0v) is 13.2. The Morgan fingerprint density at radius 2 is 2.10 bits per heavy atom. The minimum atomic E-state index is 0.218. The molecule has 1 aromatic heterocycles. The first-order valence-corrected chi connectivity index (χ1v) is 8.56. The Balaban J connectivity index is 1.91. The lowest BCUT2D eigenvalue weighted by Crippen LogP contribution is -2.38. The van der Waals surface area contributed by atoms with Crippen LogP contribution >= 0.6 is 11.3 Å². The van der Waals surface area contributed by atoms with E-state index in [9.17, 15) is 5.11 Å². The number of hydrogen-bond donors (Lipinski definition) is 2. The molecule has 0 saturated heterocycles. The van der Waals surface area contributed by atoms with Gasteiger partial charge in [-0.25, -0.2) is 0 Å². The highest BCUT2D eigenvalue weighted by molar-refractivity contribution is 7.15. The van der Waals surface area contributed by atoms with E-state index in [4.69, 9.17) is 0 Å². The third-order valence-electron chi connectivity index (χ3n) is 3.81. The zero-order chi connectivity index (χ0) is 14.2. The van der Waals surface area contributed by atoms with E-state index in [1.54, 1.807) is 11.3 Å². The smallest absolute Gasteiger partial charge is 0.205 e. The SMILES string of the molecule is CCCNc1nnc(CN(CCO)C2CCCCC2)s1. The number of rotatable bonds is 8. The number of aliphatic hydroxyl groups excluding tert-OH is 1. The molecule has 0 aliphatic heterocycles. The van der Waals surface area contributed by atoms with Crippen LogP contribution in [0.2, 0.25) is 0 Å². The van der Waals surface area contributed by atoms with Crippen LogP contribution in [-0.4, -0.2) is 45.9 Å². The predicted molar refractivity (Wildman–Crippen MR) is 83.1 cm³/mol. The number of nitrogens with zero attached hydrogens (tertiary/aromatic N) is 3. The largest absolute Gasteiger partial charge is 0.395 e. The van der Waals surface area contributed by atoms with Crippen LogP contribution in [0.4, 0.5) is 5.13 Å². The van der Waals surface area contributed by atoms with Gasteiger partial charge in [0.15, 0.2) is 0 Å². The van der Waals surface area contributed by atoms with Gasteiger partial charge in [0, 0.05) is 19.1 Å². The Morgan fingerprint density at radius 1 is 1.30 bits per heavy atom. The second-order valence-electron chi connectivity index (χ2n) is 5.41. The van der Waals surface area contributed by atoms with Gasteiger partial charge in [0.25, 0.3) is 0 Å². The van der Waals surface area contributed by atoms with E-state index in [1.165, 1.54) is 32.1 Å². The summed E-state index contributed by atoms with van der Waals surface area (Å²) < 4.78 is 0. The summed E-state index contributed by atoms with van der Waals surface area (Å²) in [4.78, 5) is 2.38. The summed E-state index contributed by atoms with van der Waals surface area (Å²) in [6, 6.07) is 0.604. The molecule has 0 atom stereocenters. The lowest BCUT2D eigenvalue weighted by Gasteiger charge is -2.33. The Hall–Kier alpha value is -0.720. The van der Waals surface area contributed by atoms with Crippen molar-refractivity contribution in [2.75, 3.05) is 25.0 Å². The molecule has 0 amide bonds. The average molecular weight is 298 g/mol. The maximum atomic E-state index is 9.28. The van der Waals surface area contributed by atoms with Gasteiger partial charge in [0.2, 0.25) is 5.13 Å². The fourth-order valence-electron chi connectivity index (χ4n) is 2.76. The molecule has 1 aliphatic carbocycles. The second-order valence-corrected chi connectivity index (χ2v) is 6.48. The molecule has 1 aliphatic rings. The monoisotopic (exact) mass is 298 g/mol. The topological polar surface area (TPSA) is 61.3 Å². The molecule has 0 bridgehead atoms. The van der Waals surface area contributed by atoms with Crippen LogP contribution < -0.4 is 5.32 Å². The Kier molecular flexibility index (Phi) is 6.69. The molecular weight excluding hydrogens is 272 g/mol. The molecule has 1 aromatic rings. The van der Waals surface area contributed by atoms with Crippen molar-refractivity contribution < 1.29 is 5.11 Å². The summed E-state index contributed by atoms with van der Waals surface area (Å²) in [5.41, 5.74) is 0. The fraction of sp³-hybridized carbons (Fsp3) is 0.857. The van der Waals surface area contributed by atoms with Crippen LogP contribution in [0.25, 0.3) is 0 Å².